The monoisotopic (exact) mass is 274 g/mol. The number of aromatic nitrogens is 1. The normalized spacial score (nSPS) is 9.22. The van der Waals surface area contributed by atoms with E-state index in [2.05, 4.69) is 4.98 Å². The molecule has 0 bridgehead atoms. The van der Waals surface area contributed by atoms with Crippen molar-refractivity contribution in [2.75, 3.05) is 18.9 Å². The molecule has 7 heteroatoms. The van der Waals surface area contributed by atoms with E-state index < -0.39 is 11.9 Å². The van der Waals surface area contributed by atoms with E-state index in [1.54, 1.807) is 13.8 Å². The highest BCUT2D eigenvalue weighted by atomic mass is 35.5. The van der Waals surface area contributed by atoms with Crippen LogP contribution >= 0.6 is 12.4 Å². The van der Waals surface area contributed by atoms with Crippen LogP contribution in [0.5, 0.6) is 0 Å². The van der Waals surface area contributed by atoms with Gasteiger partial charge in [0.15, 0.2) is 11.4 Å². The van der Waals surface area contributed by atoms with Crippen molar-refractivity contribution in [2.24, 2.45) is 0 Å². The number of rotatable bonds is 4. The van der Waals surface area contributed by atoms with Gasteiger partial charge in [0, 0.05) is 5.69 Å². The van der Waals surface area contributed by atoms with E-state index in [4.69, 9.17) is 15.2 Å². The summed E-state index contributed by atoms with van der Waals surface area (Å²) < 4.78 is 9.54. The first-order valence-corrected chi connectivity index (χ1v) is 5.20. The molecular formula is C11H15ClN2O4. The first-order chi connectivity index (χ1) is 8.08. The van der Waals surface area contributed by atoms with E-state index in [0.29, 0.717) is 0 Å². The van der Waals surface area contributed by atoms with Crippen molar-refractivity contribution in [3.63, 3.8) is 0 Å². The molecule has 0 saturated carbocycles. The predicted molar refractivity (Wildman–Crippen MR) is 67.8 cm³/mol. The number of ether oxygens (including phenoxy) is 2. The molecule has 0 aromatic carbocycles. The molecule has 1 aromatic rings. The number of esters is 2. The van der Waals surface area contributed by atoms with Crippen molar-refractivity contribution >= 4 is 30.0 Å². The molecule has 0 saturated heterocycles. The van der Waals surface area contributed by atoms with Gasteiger partial charge in [-0.2, -0.15) is 0 Å². The summed E-state index contributed by atoms with van der Waals surface area (Å²) in [6.45, 7) is 3.81. The van der Waals surface area contributed by atoms with Gasteiger partial charge in [-0.25, -0.2) is 14.6 Å². The lowest BCUT2D eigenvalue weighted by Crippen LogP contribution is -2.13. The number of carbonyl (C=O) groups excluding carboxylic acids is 2. The molecule has 1 aromatic heterocycles. The van der Waals surface area contributed by atoms with Crippen molar-refractivity contribution in [1.29, 1.82) is 0 Å². The van der Waals surface area contributed by atoms with Crippen molar-refractivity contribution in [1.82, 2.24) is 4.98 Å². The highest BCUT2D eigenvalue weighted by Gasteiger charge is 2.15. The van der Waals surface area contributed by atoms with Crippen LogP contribution in [0.3, 0.4) is 0 Å². The molecule has 0 fully saturated rings. The molecular weight excluding hydrogens is 260 g/mol. The van der Waals surface area contributed by atoms with Crippen LogP contribution in [0.1, 0.15) is 34.8 Å². The molecule has 100 valence electrons. The molecule has 1 rings (SSSR count). The fourth-order valence-corrected chi connectivity index (χ4v) is 1.17. The van der Waals surface area contributed by atoms with E-state index in [-0.39, 0.29) is 42.7 Å². The molecule has 0 atom stereocenters. The first-order valence-electron chi connectivity index (χ1n) is 5.20. The largest absolute Gasteiger partial charge is 0.461 e. The Bertz CT molecular complexity index is 401. The summed E-state index contributed by atoms with van der Waals surface area (Å²) in [6.07, 6.45) is 0. The van der Waals surface area contributed by atoms with Crippen molar-refractivity contribution in [3.8, 4) is 0 Å². The Morgan fingerprint density at radius 2 is 1.50 bits per heavy atom. The van der Waals surface area contributed by atoms with E-state index in [0.717, 1.165) is 0 Å². The van der Waals surface area contributed by atoms with Gasteiger partial charge in [0.25, 0.3) is 0 Å². The SMILES string of the molecule is CCOC(=O)c1cc(N)cc(C(=O)OCC)n1.Cl. The lowest BCUT2D eigenvalue weighted by atomic mass is 10.2. The third kappa shape index (κ3) is 4.21. The lowest BCUT2D eigenvalue weighted by Gasteiger charge is -2.05. The molecule has 1 heterocycles. The van der Waals surface area contributed by atoms with Gasteiger partial charge >= 0.3 is 11.9 Å². The number of hydrogen-bond donors (Lipinski definition) is 1. The molecule has 0 spiro atoms. The summed E-state index contributed by atoms with van der Waals surface area (Å²) in [5.74, 6) is -1.24. The summed E-state index contributed by atoms with van der Waals surface area (Å²) in [5, 5.41) is 0. The molecule has 0 unspecified atom stereocenters. The molecule has 2 N–H and O–H groups in total. The number of nitrogen functional groups attached to an aromatic ring is 1. The Balaban J connectivity index is 0.00000289. The van der Waals surface area contributed by atoms with Crippen LogP contribution in [0, 0.1) is 0 Å². The average Bonchev–Trinajstić information content (AvgIpc) is 2.29. The van der Waals surface area contributed by atoms with Crippen LogP contribution < -0.4 is 5.73 Å². The maximum absolute atomic E-state index is 11.4. The quantitative estimate of drug-likeness (QED) is 0.835. The highest BCUT2D eigenvalue weighted by molar-refractivity contribution is 5.93. The highest BCUT2D eigenvalue weighted by Crippen LogP contribution is 2.10. The number of hydrogen-bond acceptors (Lipinski definition) is 6. The first kappa shape index (κ1) is 16.2. The molecule has 0 radical (unpaired) electrons. The van der Waals surface area contributed by atoms with E-state index >= 15 is 0 Å². The second kappa shape index (κ2) is 7.50. The third-order valence-electron chi connectivity index (χ3n) is 1.82. The molecule has 6 nitrogen and oxygen atoms in total. The van der Waals surface area contributed by atoms with Crippen LogP contribution in [-0.2, 0) is 9.47 Å². The Hall–Kier alpha value is -1.82. The number of nitrogens with zero attached hydrogens (tertiary/aromatic N) is 1. The van der Waals surface area contributed by atoms with Gasteiger partial charge in [0.1, 0.15) is 0 Å². The maximum atomic E-state index is 11.4. The van der Waals surface area contributed by atoms with Gasteiger partial charge in [-0.05, 0) is 26.0 Å². The average molecular weight is 275 g/mol. The molecule has 18 heavy (non-hydrogen) atoms. The molecule has 0 aliphatic heterocycles. The number of nitrogens with two attached hydrogens (primary N) is 1. The minimum absolute atomic E-state index is 0. The summed E-state index contributed by atoms with van der Waals surface area (Å²) in [6, 6.07) is 2.70. The Morgan fingerprint density at radius 3 is 1.83 bits per heavy atom. The van der Waals surface area contributed by atoms with Gasteiger partial charge in [-0.3, -0.25) is 0 Å². The van der Waals surface area contributed by atoms with Crippen LogP contribution in [0.25, 0.3) is 0 Å². The van der Waals surface area contributed by atoms with Crippen molar-refractivity contribution in [3.05, 3.63) is 23.5 Å². The van der Waals surface area contributed by atoms with Crippen LogP contribution in [0.4, 0.5) is 5.69 Å². The maximum Gasteiger partial charge on any atom is 0.357 e. The van der Waals surface area contributed by atoms with Crippen LogP contribution in [-0.4, -0.2) is 30.1 Å². The summed E-state index contributed by atoms with van der Waals surface area (Å²) in [5.41, 5.74) is 5.82. The van der Waals surface area contributed by atoms with Crippen molar-refractivity contribution in [2.45, 2.75) is 13.8 Å². The standard InChI is InChI=1S/C11H14N2O4.ClH/c1-3-16-10(14)8-5-7(12)6-9(13-8)11(15)17-4-2;/h5-6H,3-4H2,1-2H3,(H2,12,13);1H. The summed E-state index contributed by atoms with van der Waals surface area (Å²) >= 11 is 0. The smallest absolute Gasteiger partial charge is 0.357 e. The predicted octanol–water partition coefficient (Wildman–Crippen LogP) is 1.44. The number of pyridine rings is 1. The number of carbonyl (C=O) groups is 2. The molecule has 0 amide bonds. The Kier molecular flexibility index (Phi) is 6.74. The summed E-state index contributed by atoms with van der Waals surface area (Å²) in [4.78, 5) is 26.7. The van der Waals surface area contributed by atoms with E-state index in [1.165, 1.54) is 12.1 Å². The zero-order chi connectivity index (χ0) is 12.8. The van der Waals surface area contributed by atoms with Crippen LogP contribution in [0.2, 0.25) is 0 Å². The second-order valence-electron chi connectivity index (χ2n) is 3.11. The van der Waals surface area contributed by atoms with Gasteiger partial charge in [0.05, 0.1) is 13.2 Å². The molecule has 0 aliphatic carbocycles. The Morgan fingerprint density at radius 1 is 1.11 bits per heavy atom. The minimum Gasteiger partial charge on any atom is -0.461 e. The third-order valence-corrected chi connectivity index (χ3v) is 1.82. The van der Waals surface area contributed by atoms with Gasteiger partial charge in [0.2, 0.25) is 0 Å². The summed E-state index contributed by atoms with van der Waals surface area (Å²) in [7, 11) is 0. The zero-order valence-corrected chi connectivity index (χ0v) is 11.0. The van der Waals surface area contributed by atoms with E-state index in [9.17, 15) is 9.59 Å². The fraction of sp³-hybridized carbons (Fsp3) is 0.364. The van der Waals surface area contributed by atoms with Crippen molar-refractivity contribution < 1.29 is 19.1 Å². The van der Waals surface area contributed by atoms with E-state index in [1.807, 2.05) is 0 Å². The number of anilines is 1. The van der Waals surface area contributed by atoms with Gasteiger partial charge in [-0.15, -0.1) is 12.4 Å². The zero-order valence-electron chi connectivity index (χ0n) is 10.1. The number of halogens is 1. The van der Waals surface area contributed by atoms with Crippen LogP contribution in [0.15, 0.2) is 12.1 Å². The lowest BCUT2D eigenvalue weighted by molar-refractivity contribution is 0.0511. The van der Waals surface area contributed by atoms with Gasteiger partial charge in [-0.1, -0.05) is 0 Å². The second-order valence-corrected chi connectivity index (χ2v) is 3.11. The molecule has 0 aliphatic rings. The van der Waals surface area contributed by atoms with Gasteiger partial charge < -0.3 is 15.2 Å². The fourth-order valence-electron chi connectivity index (χ4n) is 1.17. The minimum atomic E-state index is -0.620. The topological polar surface area (TPSA) is 91.5 Å². The Labute approximate surface area is 111 Å².